The Morgan fingerprint density at radius 2 is 0.848 bits per heavy atom. The van der Waals surface area contributed by atoms with Gasteiger partial charge in [-0.15, -0.1) is 0 Å². The van der Waals surface area contributed by atoms with Crippen molar-refractivity contribution in [2.75, 3.05) is 9.80 Å². The Bertz CT molecular complexity index is 3800. The fourth-order valence-electron chi connectivity index (χ4n) is 11.1. The summed E-state index contributed by atoms with van der Waals surface area (Å²) in [6.07, 6.45) is 0. The summed E-state index contributed by atoms with van der Waals surface area (Å²) in [4.78, 5) is 4.70. The molecular formula is C61H38N2O3. The molecule has 10 aromatic carbocycles. The first-order valence-corrected chi connectivity index (χ1v) is 22.4. The summed E-state index contributed by atoms with van der Waals surface area (Å²) in [5.74, 6) is 1.68. The average Bonchev–Trinajstić information content (AvgIpc) is 4.05. The van der Waals surface area contributed by atoms with Gasteiger partial charge in [0.05, 0.1) is 33.2 Å². The van der Waals surface area contributed by atoms with Crippen LogP contribution >= 0.6 is 0 Å². The van der Waals surface area contributed by atoms with Gasteiger partial charge in [-0.25, -0.2) is 0 Å². The summed E-state index contributed by atoms with van der Waals surface area (Å²) in [5.41, 5.74) is 15.6. The topological polar surface area (TPSA) is 42.0 Å². The lowest BCUT2D eigenvalue weighted by molar-refractivity contribution is 0.436. The molecule has 12 aromatic rings. The zero-order chi connectivity index (χ0) is 43.3. The normalized spacial score (nSPS) is 13.1. The molecule has 0 atom stereocenters. The number of benzene rings is 10. The molecular weight excluding hydrogens is 809 g/mol. The van der Waals surface area contributed by atoms with Crippen molar-refractivity contribution in [2.24, 2.45) is 0 Å². The number of furan rings is 2. The van der Waals surface area contributed by atoms with E-state index in [1.807, 2.05) is 18.2 Å². The van der Waals surface area contributed by atoms with Crippen molar-refractivity contribution < 1.29 is 13.6 Å². The third kappa shape index (κ3) is 5.11. The highest BCUT2D eigenvalue weighted by molar-refractivity contribution is 6.19. The van der Waals surface area contributed by atoms with E-state index in [0.717, 1.165) is 101 Å². The summed E-state index contributed by atoms with van der Waals surface area (Å²) in [6.45, 7) is 0. The molecule has 2 aliphatic rings. The largest absolute Gasteiger partial charge is 0.457 e. The molecule has 0 saturated carbocycles. The van der Waals surface area contributed by atoms with E-state index in [0.29, 0.717) is 0 Å². The van der Waals surface area contributed by atoms with Crippen LogP contribution in [0.3, 0.4) is 0 Å². The zero-order valence-corrected chi connectivity index (χ0v) is 35.6. The monoisotopic (exact) mass is 846 g/mol. The summed E-state index contributed by atoms with van der Waals surface area (Å²) in [7, 11) is 0. The summed E-state index contributed by atoms with van der Waals surface area (Å²) in [5, 5.41) is 4.09. The Morgan fingerprint density at radius 1 is 0.318 bits per heavy atom. The molecule has 14 rings (SSSR count). The van der Waals surface area contributed by atoms with Gasteiger partial charge >= 0.3 is 0 Å². The first kappa shape index (κ1) is 36.7. The van der Waals surface area contributed by atoms with Gasteiger partial charge in [0.1, 0.15) is 28.2 Å². The molecule has 2 aromatic heterocycles. The molecule has 0 amide bonds. The molecule has 0 saturated heterocycles. The SMILES string of the molecule is c1ccc(N(c2ccccc2)c2ccc(N(c3ccc4c(c3)C3(c5ccccc5O4)c4ccccc4-c4ccccc43)c3cccc4oc5ccccc5c34)c3oc4ccccc4c23)cc1. The van der Waals surface area contributed by atoms with Gasteiger partial charge in [-0.05, 0) is 107 Å². The van der Waals surface area contributed by atoms with Crippen LogP contribution in [0.15, 0.2) is 239 Å². The number of nitrogens with zero attached hydrogens (tertiary/aromatic N) is 2. The molecule has 1 spiro atoms. The molecule has 0 N–H and O–H groups in total. The van der Waals surface area contributed by atoms with E-state index >= 15 is 0 Å². The average molecular weight is 847 g/mol. The van der Waals surface area contributed by atoms with Crippen LogP contribution in [-0.4, -0.2) is 0 Å². The van der Waals surface area contributed by atoms with Gasteiger partial charge in [0.25, 0.3) is 0 Å². The standard InChI is InChI=1S/C61H38N2O3/c1-3-18-39(19-4-1)62(40-20-5-2-6-21-40)51-35-36-52(60-59(51)45-25-10-15-31-54(45)66-60)63(50-29-17-33-57-58(50)44-24-9-14-30-53(44)64-57)41-34-37-56-49(38-41)61(48-28-13-16-32-55(48)65-56)46-26-11-7-22-42(46)43-23-8-12-27-47(43)61/h1-38H. The van der Waals surface area contributed by atoms with Gasteiger partial charge < -0.3 is 23.4 Å². The fraction of sp³-hybridized carbons (Fsp3) is 0.0164. The third-order valence-corrected chi connectivity index (χ3v) is 13.7. The van der Waals surface area contributed by atoms with Crippen molar-refractivity contribution in [3.05, 3.63) is 253 Å². The van der Waals surface area contributed by atoms with Crippen molar-refractivity contribution in [2.45, 2.75) is 5.41 Å². The predicted molar refractivity (Wildman–Crippen MR) is 268 cm³/mol. The minimum atomic E-state index is -0.655. The van der Waals surface area contributed by atoms with Crippen molar-refractivity contribution in [1.82, 2.24) is 0 Å². The predicted octanol–water partition coefficient (Wildman–Crippen LogP) is 16.9. The first-order chi connectivity index (χ1) is 32.8. The lowest BCUT2D eigenvalue weighted by Crippen LogP contribution is -2.32. The Kier molecular flexibility index (Phi) is 7.83. The molecule has 310 valence electrons. The molecule has 0 bridgehead atoms. The van der Waals surface area contributed by atoms with Gasteiger partial charge in [0.2, 0.25) is 0 Å². The maximum atomic E-state index is 7.18. The van der Waals surface area contributed by atoms with E-state index in [9.17, 15) is 0 Å². The van der Waals surface area contributed by atoms with E-state index in [-0.39, 0.29) is 0 Å². The van der Waals surface area contributed by atoms with E-state index < -0.39 is 5.41 Å². The Balaban J connectivity index is 1.09. The van der Waals surface area contributed by atoms with Gasteiger partial charge in [-0.2, -0.15) is 0 Å². The quantitative estimate of drug-likeness (QED) is 0.167. The highest BCUT2D eigenvalue weighted by Crippen LogP contribution is 2.63. The fourth-order valence-corrected chi connectivity index (χ4v) is 11.1. The van der Waals surface area contributed by atoms with Crippen molar-refractivity contribution >= 4 is 78.0 Å². The second-order valence-corrected chi connectivity index (χ2v) is 17.1. The van der Waals surface area contributed by atoms with Crippen LogP contribution in [0.5, 0.6) is 11.5 Å². The number of para-hydroxylation sites is 5. The molecule has 66 heavy (non-hydrogen) atoms. The Morgan fingerprint density at radius 3 is 1.56 bits per heavy atom. The van der Waals surface area contributed by atoms with E-state index in [2.05, 4.69) is 222 Å². The number of hydrogen-bond acceptors (Lipinski definition) is 5. The maximum absolute atomic E-state index is 7.18. The van der Waals surface area contributed by atoms with Crippen LogP contribution < -0.4 is 14.5 Å². The molecule has 5 nitrogen and oxygen atoms in total. The van der Waals surface area contributed by atoms with Crippen molar-refractivity contribution in [3.8, 4) is 22.6 Å². The molecule has 0 fully saturated rings. The van der Waals surface area contributed by atoms with E-state index in [1.54, 1.807) is 0 Å². The number of hydrogen-bond donors (Lipinski definition) is 0. The summed E-state index contributed by atoms with van der Waals surface area (Å²) in [6, 6.07) is 81.6. The lowest BCUT2D eigenvalue weighted by atomic mass is 9.66. The highest BCUT2D eigenvalue weighted by Gasteiger charge is 2.51. The van der Waals surface area contributed by atoms with Gasteiger partial charge in [0.15, 0.2) is 5.58 Å². The maximum Gasteiger partial charge on any atom is 0.161 e. The lowest BCUT2D eigenvalue weighted by Gasteiger charge is -2.40. The van der Waals surface area contributed by atoms with E-state index in [4.69, 9.17) is 13.6 Å². The van der Waals surface area contributed by atoms with Crippen molar-refractivity contribution in [3.63, 3.8) is 0 Å². The van der Waals surface area contributed by atoms with E-state index in [1.165, 1.54) is 22.3 Å². The number of anilines is 6. The van der Waals surface area contributed by atoms with Gasteiger partial charge in [-0.1, -0.05) is 146 Å². The minimum absolute atomic E-state index is 0.655. The number of ether oxygens (including phenoxy) is 1. The first-order valence-electron chi connectivity index (χ1n) is 22.4. The Hall–Kier alpha value is -8.80. The second kappa shape index (κ2) is 14.1. The molecule has 0 radical (unpaired) electrons. The summed E-state index contributed by atoms with van der Waals surface area (Å²) < 4.78 is 20.7. The van der Waals surface area contributed by atoms with Crippen molar-refractivity contribution in [1.29, 1.82) is 0 Å². The van der Waals surface area contributed by atoms with Gasteiger partial charge in [-0.3, -0.25) is 0 Å². The van der Waals surface area contributed by atoms with Crippen LogP contribution in [0.4, 0.5) is 34.1 Å². The smallest absolute Gasteiger partial charge is 0.161 e. The molecule has 0 unspecified atom stereocenters. The van der Waals surface area contributed by atoms with Crippen LogP contribution in [0.1, 0.15) is 22.3 Å². The second-order valence-electron chi connectivity index (χ2n) is 17.1. The van der Waals surface area contributed by atoms with Crippen LogP contribution in [0, 0.1) is 0 Å². The summed E-state index contributed by atoms with van der Waals surface area (Å²) >= 11 is 0. The molecule has 1 aliphatic heterocycles. The van der Waals surface area contributed by atoms with Crippen LogP contribution in [0.2, 0.25) is 0 Å². The van der Waals surface area contributed by atoms with Crippen LogP contribution in [0.25, 0.3) is 55.0 Å². The molecule has 1 aliphatic carbocycles. The molecule has 5 heteroatoms. The zero-order valence-electron chi connectivity index (χ0n) is 35.6. The molecule has 3 heterocycles. The third-order valence-electron chi connectivity index (χ3n) is 13.7. The van der Waals surface area contributed by atoms with Crippen LogP contribution in [-0.2, 0) is 5.41 Å². The highest BCUT2D eigenvalue weighted by atomic mass is 16.5. The number of rotatable bonds is 6. The van der Waals surface area contributed by atoms with Gasteiger partial charge in [0, 0.05) is 39.0 Å². The Labute approximate surface area is 380 Å². The minimum Gasteiger partial charge on any atom is -0.457 e. The number of fused-ring (bicyclic) bond motifs is 15.